The van der Waals surface area contributed by atoms with Crippen LogP contribution in [0.25, 0.3) is 44.8 Å². The molecular weight excluding hydrogens is 973 g/mol. The molecule has 10 rings (SSSR count). The number of hydrogen-bond acceptors (Lipinski definition) is 14. The minimum atomic E-state index is -1.76. The number of rotatable bonds is 8. The van der Waals surface area contributed by atoms with Gasteiger partial charge in [-0.15, -0.1) is 10.2 Å². The molecule has 0 bridgehead atoms. The standard InChI is InChI=1S/C23H16F3N7O.C17H13ClFN7O.C6H5BF2O2/c1-32-11-13(5-7-19(32)34)20-21(12-4-6-14(24)16(26)9-12)30-23(27)33-22(20)29-18(31-33)10-17-15(25)3-2-8-28-17;1-25-8-9(4-5-13(25)27)14-15(18)23-17(20)26-16(14)22-12(24-26)7-11-10(19)3-2-6-21-11;8-5-2-1-4(7(10)11)3-6(5)9/h2-9,11H,10H2,1H3,(H2,27,30);2-6,8H,7H2,1H3,(H2,20,23);1-3,10-11H. The summed E-state index contributed by atoms with van der Waals surface area (Å²) in [6, 6.07) is 17.6. The molecule has 0 fully saturated rings. The summed E-state index contributed by atoms with van der Waals surface area (Å²) in [4.78, 5) is 49.1. The summed E-state index contributed by atoms with van der Waals surface area (Å²) in [7, 11) is 1.44. The average molecular weight is 1010 g/mol. The highest BCUT2D eigenvalue weighted by atomic mass is 35.5. The number of anilines is 2. The molecule has 0 unspecified atom stereocenters. The number of pyridine rings is 4. The zero-order valence-electron chi connectivity index (χ0n) is 37.3. The predicted octanol–water partition coefficient (Wildman–Crippen LogP) is 4.64. The summed E-state index contributed by atoms with van der Waals surface area (Å²) in [5.41, 5.74) is 15.0. The maximum absolute atomic E-state index is 14.1. The van der Waals surface area contributed by atoms with Gasteiger partial charge in [-0.25, -0.2) is 46.3 Å². The van der Waals surface area contributed by atoms with Crippen molar-refractivity contribution in [3.63, 3.8) is 0 Å². The lowest BCUT2D eigenvalue weighted by Gasteiger charge is -2.13. The van der Waals surface area contributed by atoms with E-state index in [-0.39, 0.29) is 80.6 Å². The molecule has 72 heavy (non-hydrogen) atoms. The van der Waals surface area contributed by atoms with E-state index in [1.807, 2.05) is 0 Å². The van der Waals surface area contributed by atoms with Gasteiger partial charge < -0.3 is 30.6 Å². The van der Waals surface area contributed by atoms with Gasteiger partial charge in [-0.05, 0) is 72.2 Å². The van der Waals surface area contributed by atoms with E-state index in [9.17, 15) is 35.9 Å². The third-order valence-corrected chi connectivity index (χ3v) is 10.8. The Morgan fingerprint density at radius 3 is 1.53 bits per heavy atom. The van der Waals surface area contributed by atoms with E-state index < -0.39 is 42.0 Å². The first-order valence-electron chi connectivity index (χ1n) is 20.9. The number of hydrogen-bond donors (Lipinski definition) is 4. The van der Waals surface area contributed by atoms with Crippen LogP contribution in [0.2, 0.25) is 5.15 Å². The van der Waals surface area contributed by atoms with Gasteiger partial charge in [0.25, 0.3) is 0 Å². The van der Waals surface area contributed by atoms with Crippen LogP contribution in [0, 0.1) is 34.9 Å². The molecular formula is C46H34BClF6N14O4. The van der Waals surface area contributed by atoms with Crippen molar-refractivity contribution in [3.8, 4) is 33.5 Å². The number of halogens is 7. The molecule has 0 atom stereocenters. The van der Waals surface area contributed by atoms with E-state index in [4.69, 9.17) is 33.1 Å². The lowest BCUT2D eigenvalue weighted by molar-refractivity contribution is 0.425. The van der Waals surface area contributed by atoms with Crippen LogP contribution in [0.1, 0.15) is 23.0 Å². The van der Waals surface area contributed by atoms with Crippen molar-refractivity contribution < 1.29 is 36.4 Å². The SMILES string of the molecule is Cn1cc(-c2c(-c3ccc(F)c(F)c3)nc(N)n3nc(Cc4ncccc4F)nc23)ccc1=O.Cn1cc(-c2c(Cl)nc(N)n3nc(Cc4ncccc4F)nc23)ccc1=O.OB(O)c1ccc(F)c(F)c1. The first kappa shape index (κ1) is 49.6. The molecule has 8 aromatic heterocycles. The van der Waals surface area contributed by atoms with E-state index in [0.29, 0.717) is 33.7 Å². The summed E-state index contributed by atoms with van der Waals surface area (Å²) in [6.07, 6.45) is 6.21. The van der Waals surface area contributed by atoms with Crippen molar-refractivity contribution in [1.29, 1.82) is 0 Å². The highest BCUT2D eigenvalue weighted by Crippen LogP contribution is 2.35. The normalized spacial score (nSPS) is 11.0. The van der Waals surface area contributed by atoms with Gasteiger partial charge in [0.2, 0.25) is 23.0 Å². The molecule has 10 aromatic rings. The first-order valence-corrected chi connectivity index (χ1v) is 21.3. The topological polar surface area (TPSA) is 248 Å². The Morgan fingerprint density at radius 1 is 0.569 bits per heavy atom. The van der Waals surface area contributed by atoms with Crippen LogP contribution in [0.5, 0.6) is 0 Å². The molecule has 0 spiro atoms. The van der Waals surface area contributed by atoms with Gasteiger partial charge in [0.15, 0.2) is 46.2 Å². The number of nitrogens with zero attached hydrogens (tertiary/aromatic N) is 12. The fourth-order valence-corrected chi connectivity index (χ4v) is 7.32. The van der Waals surface area contributed by atoms with Crippen molar-refractivity contribution in [2.45, 2.75) is 12.8 Å². The van der Waals surface area contributed by atoms with Gasteiger partial charge >= 0.3 is 7.12 Å². The van der Waals surface area contributed by atoms with Crippen molar-refractivity contribution in [3.05, 3.63) is 194 Å². The lowest BCUT2D eigenvalue weighted by Crippen LogP contribution is -2.30. The summed E-state index contributed by atoms with van der Waals surface area (Å²) in [5.74, 6) is -4.60. The Kier molecular flexibility index (Phi) is 14.2. The molecule has 0 saturated heterocycles. The maximum Gasteiger partial charge on any atom is 0.488 e. The highest BCUT2D eigenvalue weighted by Gasteiger charge is 2.23. The van der Waals surface area contributed by atoms with Crippen LogP contribution < -0.4 is 28.0 Å². The van der Waals surface area contributed by atoms with Gasteiger partial charge in [-0.2, -0.15) is 9.03 Å². The number of fused-ring (bicyclic) bond motifs is 2. The van der Waals surface area contributed by atoms with Gasteiger partial charge in [0, 0.05) is 67.7 Å². The monoisotopic (exact) mass is 1010 g/mol. The molecule has 0 saturated carbocycles. The molecule has 364 valence electrons. The minimum absolute atomic E-state index is 0.0129. The van der Waals surface area contributed by atoms with Crippen LogP contribution in [0.3, 0.4) is 0 Å². The molecule has 0 aliphatic heterocycles. The maximum atomic E-state index is 14.1. The number of nitrogens with two attached hydrogens (primary N) is 2. The summed E-state index contributed by atoms with van der Waals surface area (Å²) >= 11 is 6.30. The summed E-state index contributed by atoms with van der Waals surface area (Å²) in [5, 5.41) is 25.8. The highest BCUT2D eigenvalue weighted by molar-refractivity contribution is 6.58. The lowest BCUT2D eigenvalue weighted by atomic mass is 9.80. The Bertz CT molecular complexity index is 3820. The number of aryl methyl sites for hydroxylation is 2. The number of benzene rings is 2. The quantitative estimate of drug-likeness (QED) is 0.0921. The van der Waals surface area contributed by atoms with E-state index in [0.717, 1.165) is 30.3 Å². The van der Waals surface area contributed by atoms with Gasteiger partial charge in [0.05, 0.1) is 41.1 Å². The number of nitrogen functional groups attached to an aromatic ring is 2. The molecule has 6 N–H and O–H groups in total. The van der Waals surface area contributed by atoms with Crippen LogP contribution in [0.15, 0.2) is 119 Å². The second-order valence-corrected chi connectivity index (χ2v) is 15.8. The van der Waals surface area contributed by atoms with E-state index in [2.05, 4.69) is 40.1 Å². The van der Waals surface area contributed by atoms with E-state index >= 15 is 0 Å². The second kappa shape index (κ2) is 20.7. The van der Waals surface area contributed by atoms with Crippen LogP contribution in [-0.4, -0.2) is 75.4 Å². The second-order valence-electron chi connectivity index (χ2n) is 15.5. The minimum Gasteiger partial charge on any atom is -0.423 e. The van der Waals surface area contributed by atoms with Gasteiger partial charge in [-0.3, -0.25) is 19.6 Å². The summed E-state index contributed by atoms with van der Waals surface area (Å²) < 4.78 is 85.6. The van der Waals surface area contributed by atoms with Crippen LogP contribution >= 0.6 is 11.6 Å². The molecule has 0 aliphatic rings. The molecule has 18 nitrogen and oxygen atoms in total. The summed E-state index contributed by atoms with van der Waals surface area (Å²) in [6.45, 7) is 0. The smallest absolute Gasteiger partial charge is 0.423 e. The first-order chi connectivity index (χ1) is 34.4. The van der Waals surface area contributed by atoms with Crippen molar-refractivity contribution in [1.82, 2.24) is 58.3 Å². The van der Waals surface area contributed by atoms with E-state index in [1.165, 1.54) is 73.0 Å². The van der Waals surface area contributed by atoms with Gasteiger partial charge in [0.1, 0.15) is 16.8 Å². The van der Waals surface area contributed by atoms with Crippen molar-refractivity contribution >= 4 is 47.4 Å². The molecule has 0 radical (unpaired) electrons. The zero-order valence-corrected chi connectivity index (χ0v) is 38.0. The largest absolute Gasteiger partial charge is 0.488 e. The Morgan fingerprint density at radius 2 is 1.04 bits per heavy atom. The third-order valence-electron chi connectivity index (χ3n) is 10.6. The Balaban J connectivity index is 0.000000162. The molecule has 8 heterocycles. The van der Waals surface area contributed by atoms with Gasteiger partial charge in [-0.1, -0.05) is 17.7 Å². The molecule has 0 amide bonds. The van der Waals surface area contributed by atoms with Crippen LogP contribution in [-0.2, 0) is 26.9 Å². The van der Waals surface area contributed by atoms with Crippen LogP contribution in [0.4, 0.5) is 38.2 Å². The molecule has 26 heteroatoms. The third kappa shape index (κ3) is 10.5. The number of aromatic nitrogens is 12. The van der Waals surface area contributed by atoms with E-state index in [1.54, 1.807) is 38.6 Å². The fourth-order valence-electron chi connectivity index (χ4n) is 7.04. The average Bonchev–Trinajstić information content (AvgIpc) is 3.97. The molecule has 2 aromatic carbocycles. The zero-order chi connectivity index (χ0) is 51.5. The Hall–Kier alpha value is -8.81. The van der Waals surface area contributed by atoms with Crippen molar-refractivity contribution in [2.75, 3.05) is 11.5 Å². The molecule has 0 aliphatic carbocycles. The fraction of sp³-hybridized carbons (Fsp3) is 0.0870. The predicted molar refractivity (Wildman–Crippen MR) is 252 cm³/mol. The Labute approximate surface area is 406 Å². The van der Waals surface area contributed by atoms with Crippen molar-refractivity contribution in [2.24, 2.45) is 14.1 Å².